The maximum absolute atomic E-state index is 11.7. The lowest BCUT2D eigenvalue weighted by atomic mass is 10.1. The van der Waals surface area contributed by atoms with Gasteiger partial charge in [0, 0.05) is 11.0 Å². The molecule has 0 bridgehead atoms. The van der Waals surface area contributed by atoms with Crippen molar-refractivity contribution in [3.63, 3.8) is 0 Å². The average Bonchev–Trinajstić information content (AvgIpc) is 2.88. The van der Waals surface area contributed by atoms with E-state index in [2.05, 4.69) is 26.6 Å². The van der Waals surface area contributed by atoms with Crippen LogP contribution in [0.25, 0.3) is 0 Å². The summed E-state index contributed by atoms with van der Waals surface area (Å²) in [6, 6.07) is 7.67. The summed E-state index contributed by atoms with van der Waals surface area (Å²) in [5.74, 6) is 1.05. The molecule has 1 atom stereocenters. The summed E-state index contributed by atoms with van der Waals surface area (Å²) in [5.41, 5.74) is 0. The summed E-state index contributed by atoms with van der Waals surface area (Å²) in [4.78, 5) is 11.7. The molecule has 1 aromatic carbocycles. The SMILES string of the molecule is O=C(NCCOc1cccc(Br)c1)C1CCNC1. The molecule has 0 aromatic heterocycles. The lowest BCUT2D eigenvalue weighted by Gasteiger charge is -2.10. The average molecular weight is 313 g/mol. The third kappa shape index (κ3) is 3.99. The molecule has 1 aliphatic rings. The van der Waals surface area contributed by atoms with Gasteiger partial charge in [0.25, 0.3) is 0 Å². The van der Waals surface area contributed by atoms with Crippen molar-refractivity contribution in [3.8, 4) is 5.75 Å². The number of nitrogens with one attached hydrogen (secondary N) is 2. The maximum Gasteiger partial charge on any atom is 0.224 e. The monoisotopic (exact) mass is 312 g/mol. The van der Waals surface area contributed by atoms with Crippen molar-refractivity contribution in [2.24, 2.45) is 5.92 Å². The summed E-state index contributed by atoms with van der Waals surface area (Å²) in [5, 5.41) is 6.07. The molecule has 1 unspecified atom stereocenters. The van der Waals surface area contributed by atoms with E-state index in [1.165, 1.54) is 0 Å². The standard InChI is InChI=1S/C13H17BrN2O2/c14-11-2-1-3-12(8-11)18-7-6-16-13(17)10-4-5-15-9-10/h1-3,8,10,15H,4-7,9H2,(H,16,17). The van der Waals surface area contributed by atoms with E-state index in [0.29, 0.717) is 13.2 Å². The van der Waals surface area contributed by atoms with Crippen molar-refractivity contribution >= 4 is 21.8 Å². The number of hydrogen-bond acceptors (Lipinski definition) is 3. The summed E-state index contributed by atoms with van der Waals surface area (Å²) in [6.07, 6.45) is 0.929. The third-order valence-electron chi connectivity index (χ3n) is 2.90. The zero-order valence-electron chi connectivity index (χ0n) is 10.1. The smallest absolute Gasteiger partial charge is 0.224 e. The fraction of sp³-hybridized carbons (Fsp3) is 0.462. The quantitative estimate of drug-likeness (QED) is 0.811. The first-order chi connectivity index (χ1) is 8.75. The predicted molar refractivity (Wildman–Crippen MR) is 73.6 cm³/mol. The number of halogens is 1. The molecule has 1 heterocycles. The Hall–Kier alpha value is -1.07. The first-order valence-corrected chi connectivity index (χ1v) is 6.92. The summed E-state index contributed by atoms with van der Waals surface area (Å²) in [6.45, 7) is 2.76. The van der Waals surface area contributed by atoms with E-state index >= 15 is 0 Å². The largest absolute Gasteiger partial charge is 0.492 e. The molecule has 5 heteroatoms. The van der Waals surface area contributed by atoms with Crippen molar-refractivity contribution in [1.29, 1.82) is 0 Å². The molecule has 0 radical (unpaired) electrons. The van der Waals surface area contributed by atoms with E-state index in [1.807, 2.05) is 24.3 Å². The summed E-state index contributed by atoms with van der Waals surface area (Å²) >= 11 is 3.38. The van der Waals surface area contributed by atoms with Gasteiger partial charge in [-0.1, -0.05) is 22.0 Å². The molecule has 1 fully saturated rings. The van der Waals surface area contributed by atoms with Crippen molar-refractivity contribution in [2.75, 3.05) is 26.2 Å². The highest BCUT2D eigenvalue weighted by atomic mass is 79.9. The van der Waals surface area contributed by atoms with Gasteiger partial charge in [-0.25, -0.2) is 0 Å². The van der Waals surface area contributed by atoms with Gasteiger partial charge in [0.1, 0.15) is 12.4 Å². The Kier molecular flexibility index (Phi) is 5.01. The summed E-state index contributed by atoms with van der Waals surface area (Å²) in [7, 11) is 0. The fourth-order valence-corrected chi connectivity index (χ4v) is 2.30. The zero-order valence-corrected chi connectivity index (χ0v) is 11.7. The number of amides is 1. The van der Waals surface area contributed by atoms with Crippen LogP contribution in [0, 0.1) is 5.92 Å². The lowest BCUT2D eigenvalue weighted by molar-refractivity contribution is -0.124. The highest BCUT2D eigenvalue weighted by molar-refractivity contribution is 9.10. The number of ether oxygens (including phenoxy) is 1. The molecule has 1 amide bonds. The van der Waals surface area contributed by atoms with E-state index in [9.17, 15) is 4.79 Å². The van der Waals surface area contributed by atoms with Crippen LogP contribution in [0.15, 0.2) is 28.7 Å². The van der Waals surface area contributed by atoms with Gasteiger partial charge in [-0.3, -0.25) is 4.79 Å². The first-order valence-electron chi connectivity index (χ1n) is 6.12. The van der Waals surface area contributed by atoms with E-state index in [-0.39, 0.29) is 11.8 Å². The van der Waals surface area contributed by atoms with Crippen LogP contribution in [0.5, 0.6) is 5.75 Å². The Morgan fingerprint density at radius 1 is 1.56 bits per heavy atom. The van der Waals surface area contributed by atoms with Gasteiger partial charge in [0.15, 0.2) is 0 Å². The number of rotatable bonds is 5. The van der Waals surface area contributed by atoms with Crippen LogP contribution in [0.1, 0.15) is 6.42 Å². The molecule has 1 aromatic rings. The Morgan fingerprint density at radius 2 is 2.44 bits per heavy atom. The van der Waals surface area contributed by atoms with Gasteiger partial charge in [0.2, 0.25) is 5.91 Å². The van der Waals surface area contributed by atoms with Crippen LogP contribution < -0.4 is 15.4 Å². The molecular formula is C13H17BrN2O2. The molecule has 4 nitrogen and oxygen atoms in total. The fourth-order valence-electron chi connectivity index (χ4n) is 1.92. The molecule has 0 saturated carbocycles. The van der Waals surface area contributed by atoms with Crippen LogP contribution in [0.3, 0.4) is 0 Å². The molecule has 18 heavy (non-hydrogen) atoms. The topological polar surface area (TPSA) is 50.4 Å². The number of benzene rings is 1. The number of hydrogen-bond donors (Lipinski definition) is 2. The lowest BCUT2D eigenvalue weighted by Crippen LogP contribution is -2.34. The molecule has 0 spiro atoms. The second kappa shape index (κ2) is 6.75. The van der Waals surface area contributed by atoms with Crippen molar-refractivity contribution in [1.82, 2.24) is 10.6 Å². The Morgan fingerprint density at radius 3 is 3.17 bits per heavy atom. The van der Waals surface area contributed by atoms with Crippen LogP contribution in [-0.2, 0) is 4.79 Å². The Labute approximate surface area is 115 Å². The van der Waals surface area contributed by atoms with Crippen LogP contribution in [0.4, 0.5) is 0 Å². The van der Waals surface area contributed by atoms with Gasteiger partial charge >= 0.3 is 0 Å². The van der Waals surface area contributed by atoms with Gasteiger partial charge in [0.05, 0.1) is 12.5 Å². The molecular weight excluding hydrogens is 296 g/mol. The Balaban J connectivity index is 1.65. The minimum absolute atomic E-state index is 0.121. The number of carbonyl (C=O) groups excluding carboxylic acids is 1. The molecule has 2 rings (SSSR count). The van der Waals surface area contributed by atoms with Crippen molar-refractivity contribution in [3.05, 3.63) is 28.7 Å². The van der Waals surface area contributed by atoms with Crippen molar-refractivity contribution in [2.45, 2.75) is 6.42 Å². The van der Waals surface area contributed by atoms with E-state index in [1.54, 1.807) is 0 Å². The maximum atomic E-state index is 11.7. The predicted octanol–water partition coefficient (Wildman–Crippen LogP) is 1.55. The van der Waals surface area contributed by atoms with E-state index in [4.69, 9.17) is 4.74 Å². The highest BCUT2D eigenvalue weighted by Crippen LogP contribution is 2.17. The van der Waals surface area contributed by atoms with Gasteiger partial charge in [-0.15, -0.1) is 0 Å². The summed E-state index contributed by atoms with van der Waals surface area (Å²) < 4.78 is 6.53. The van der Waals surface area contributed by atoms with Gasteiger partial charge < -0.3 is 15.4 Å². The van der Waals surface area contributed by atoms with Gasteiger partial charge in [-0.05, 0) is 31.2 Å². The van der Waals surface area contributed by atoms with E-state index < -0.39 is 0 Å². The minimum Gasteiger partial charge on any atom is -0.492 e. The second-order valence-electron chi connectivity index (χ2n) is 4.29. The minimum atomic E-state index is 0.121. The second-order valence-corrected chi connectivity index (χ2v) is 5.20. The van der Waals surface area contributed by atoms with Crippen LogP contribution >= 0.6 is 15.9 Å². The Bertz CT molecular complexity index is 406. The van der Waals surface area contributed by atoms with Crippen LogP contribution in [-0.4, -0.2) is 32.1 Å². The molecule has 2 N–H and O–H groups in total. The van der Waals surface area contributed by atoms with Crippen molar-refractivity contribution < 1.29 is 9.53 Å². The molecule has 1 saturated heterocycles. The first kappa shape index (κ1) is 13.4. The zero-order chi connectivity index (χ0) is 12.8. The molecule has 0 aliphatic carbocycles. The highest BCUT2D eigenvalue weighted by Gasteiger charge is 2.21. The molecule has 1 aliphatic heterocycles. The van der Waals surface area contributed by atoms with E-state index in [0.717, 1.165) is 29.7 Å². The van der Waals surface area contributed by atoms with Gasteiger partial charge in [-0.2, -0.15) is 0 Å². The third-order valence-corrected chi connectivity index (χ3v) is 3.39. The molecule has 98 valence electrons. The van der Waals surface area contributed by atoms with Crippen LogP contribution in [0.2, 0.25) is 0 Å². The number of carbonyl (C=O) groups is 1. The normalized spacial score (nSPS) is 18.6.